The molecule has 0 amide bonds. The summed E-state index contributed by atoms with van der Waals surface area (Å²) in [6.07, 6.45) is 21.3. The summed E-state index contributed by atoms with van der Waals surface area (Å²) in [5.74, 6) is 1.56. The van der Waals surface area contributed by atoms with Crippen molar-refractivity contribution in [3.63, 3.8) is 0 Å². The minimum atomic E-state index is -0.721. The molecule has 0 heterocycles. The van der Waals surface area contributed by atoms with Gasteiger partial charge in [-0.05, 0) is 111 Å². The van der Waals surface area contributed by atoms with Crippen LogP contribution in [0.2, 0.25) is 0 Å². The lowest BCUT2D eigenvalue weighted by Gasteiger charge is -2.29. The highest BCUT2D eigenvalue weighted by Gasteiger charge is 2.23. The van der Waals surface area contributed by atoms with E-state index in [2.05, 4.69) is 36.9 Å². The quantitative estimate of drug-likeness (QED) is 0.316. The molecule has 0 unspecified atom stereocenters. The van der Waals surface area contributed by atoms with Crippen molar-refractivity contribution >= 4 is 0 Å². The molecule has 2 heteroatoms. The summed E-state index contributed by atoms with van der Waals surface area (Å²) in [6.45, 7) is 5.84. The van der Waals surface area contributed by atoms with Crippen molar-refractivity contribution in [3.8, 4) is 11.1 Å². The maximum absolute atomic E-state index is 14.7. The fourth-order valence-electron chi connectivity index (χ4n) is 6.19. The number of halogens is 2. The number of allylic oxidation sites excluding steroid dienone is 3. The van der Waals surface area contributed by atoms with Crippen LogP contribution >= 0.6 is 0 Å². The molecule has 0 spiro atoms. The molecule has 0 bridgehead atoms. The first-order valence-corrected chi connectivity index (χ1v) is 14.0. The average Bonchev–Trinajstić information content (AvgIpc) is 2.90. The van der Waals surface area contributed by atoms with Crippen LogP contribution in [0.5, 0.6) is 0 Å². The van der Waals surface area contributed by atoms with Gasteiger partial charge < -0.3 is 0 Å². The second kappa shape index (κ2) is 12.7. The third kappa shape index (κ3) is 6.72. The molecule has 2 aliphatic carbocycles. The largest absolute Gasteiger partial charge is 0.203 e. The van der Waals surface area contributed by atoms with Crippen molar-refractivity contribution in [1.82, 2.24) is 0 Å². The second-order valence-electron chi connectivity index (χ2n) is 10.9. The molecule has 2 aromatic rings. The molecule has 0 nitrogen and oxygen atoms in total. The third-order valence-electron chi connectivity index (χ3n) is 8.47. The summed E-state index contributed by atoms with van der Waals surface area (Å²) in [5.41, 5.74) is 2.91. The Balaban J connectivity index is 1.27. The number of rotatable bonds is 9. The zero-order valence-corrected chi connectivity index (χ0v) is 21.5. The molecule has 2 aromatic carbocycles. The first-order chi connectivity index (χ1) is 17.1. The number of aryl methyl sites for hydroxylation is 1. The highest BCUT2D eigenvalue weighted by Crippen LogP contribution is 2.38. The van der Waals surface area contributed by atoms with Gasteiger partial charge in [0.2, 0.25) is 0 Å². The molecule has 0 atom stereocenters. The predicted octanol–water partition coefficient (Wildman–Crippen LogP) is 10.2. The highest BCUT2D eigenvalue weighted by molar-refractivity contribution is 5.65. The van der Waals surface area contributed by atoms with Crippen LogP contribution in [0.3, 0.4) is 0 Å². The molecule has 0 saturated heterocycles. The van der Waals surface area contributed by atoms with E-state index >= 15 is 0 Å². The summed E-state index contributed by atoms with van der Waals surface area (Å²) >= 11 is 0. The van der Waals surface area contributed by atoms with E-state index in [1.807, 2.05) is 19.1 Å². The molecule has 2 fully saturated rings. The second-order valence-corrected chi connectivity index (χ2v) is 10.9. The molecule has 0 aliphatic heterocycles. The Morgan fingerprint density at radius 1 is 0.800 bits per heavy atom. The van der Waals surface area contributed by atoms with Crippen LogP contribution in [-0.2, 0) is 6.42 Å². The molecule has 35 heavy (non-hydrogen) atoms. The van der Waals surface area contributed by atoms with Crippen LogP contribution in [0, 0.1) is 29.4 Å². The molecule has 4 rings (SSSR count). The highest BCUT2D eigenvalue weighted by atomic mass is 19.2. The summed E-state index contributed by atoms with van der Waals surface area (Å²) in [5, 5.41) is 0. The fourth-order valence-corrected chi connectivity index (χ4v) is 6.19. The monoisotopic (exact) mass is 476 g/mol. The van der Waals surface area contributed by atoms with Crippen molar-refractivity contribution < 1.29 is 8.78 Å². The Kier molecular flexibility index (Phi) is 9.35. The van der Waals surface area contributed by atoms with E-state index in [0.29, 0.717) is 29.4 Å². The minimum Gasteiger partial charge on any atom is -0.203 e. The van der Waals surface area contributed by atoms with Gasteiger partial charge in [-0.1, -0.05) is 68.0 Å². The summed E-state index contributed by atoms with van der Waals surface area (Å²) < 4.78 is 29.1. The van der Waals surface area contributed by atoms with Gasteiger partial charge in [0.05, 0.1) is 0 Å². The Bertz CT molecular complexity index is 971. The molecule has 0 radical (unpaired) electrons. The van der Waals surface area contributed by atoms with E-state index in [-0.39, 0.29) is 0 Å². The van der Waals surface area contributed by atoms with Gasteiger partial charge in [-0.2, -0.15) is 0 Å². The summed E-state index contributed by atoms with van der Waals surface area (Å²) in [6, 6.07) is 11.6. The zero-order chi connectivity index (χ0) is 24.6. The van der Waals surface area contributed by atoms with Gasteiger partial charge in [-0.25, -0.2) is 8.78 Å². The van der Waals surface area contributed by atoms with Crippen molar-refractivity contribution in [2.24, 2.45) is 17.8 Å². The third-order valence-corrected chi connectivity index (χ3v) is 8.47. The van der Waals surface area contributed by atoms with Gasteiger partial charge in [0.1, 0.15) is 0 Å². The van der Waals surface area contributed by atoms with Gasteiger partial charge in [-0.3, -0.25) is 0 Å². The van der Waals surface area contributed by atoms with E-state index < -0.39 is 11.6 Å². The van der Waals surface area contributed by atoms with Gasteiger partial charge in [0.15, 0.2) is 11.6 Å². The minimum absolute atomic E-state index is 0.359. The molecule has 0 N–H and O–H groups in total. The lowest BCUT2D eigenvalue weighted by Crippen LogP contribution is -2.14. The van der Waals surface area contributed by atoms with Crippen molar-refractivity contribution in [1.29, 1.82) is 0 Å². The topological polar surface area (TPSA) is 0 Å². The smallest absolute Gasteiger partial charge is 0.166 e. The summed E-state index contributed by atoms with van der Waals surface area (Å²) in [7, 11) is 0. The SMILES string of the molecule is C=CCCC1CCC(/C=C/C2CCC(c3ccc(-c4ccc(CCC)c(F)c4F)cc3)CC2)CC1. The average molecular weight is 477 g/mol. The normalized spacial score (nSPS) is 25.1. The number of benzene rings is 2. The lowest BCUT2D eigenvalue weighted by molar-refractivity contribution is 0.295. The van der Waals surface area contributed by atoms with Gasteiger partial charge in [-0.15, -0.1) is 6.58 Å². The van der Waals surface area contributed by atoms with Crippen LogP contribution in [0.25, 0.3) is 11.1 Å². The van der Waals surface area contributed by atoms with Crippen LogP contribution in [0.4, 0.5) is 8.78 Å². The van der Waals surface area contributed by atoms with E-state index in [9.17, 15) is 8.78 Å². The molecular weight excluding hydrogens is 434 g/mol. The molecule has 2 aliphatic rings. The van der Waals surface area contributed by atoms with Gasteiger partial charge in [0, 0.05) is 5.56 Å². The first-order valence-electron chi connectivity index (χ1n) is 14.0. The van der Waals surface area contributed by atoms with Gasteiger partial charge in [0.25, 0.3) is 0 Å². The molecule has 188 valence electrons. The van der Waals surface area contributed by atoms with E-state index in [0.717, 1.165) is 23.8 Å². The van der Waals surface area contributed by atoms with Crippen LogP contribution in [0.1, 0.15) is 94.6 Å². The maximum atomic E-state index is 14.7. The Morgan fingerprint density at radius 3 is 2.03 bits per heavy atom. The predicted molar refractivity (Wildman–Crippen MR) is 145 cm³/mol. The van der Waals surface area contributed by atoms with Crippen molar-refractivity contribution in [2.75, 3.05) is 0 Å². The van der Waals surface area contributed by atoms with Crippen LogP contribution in [-0.4, -0.2) is 0 Å². The Morgan fingerprint density at radius 2 is 1.43 bits per heavy atom. The first kappa shape index (κ1) is 25.9. The van der Waals surface area contributed by atoms with E-state index in [1.54, 1.807) is 12.1 Å². The number of hydrogen-bond donors (Lipinski definition) is 0. The van der Waals surface area contributed by atoms with Crippen molar-refractivity contribution in [2.45, 2.75) is 89.9 Å². The number of hydrogen-bond acceptors (Lipinski definition) is 0. The molecule has 0 aromatic heterocycles. The molecule has 2 saturated carbocycles. The van der Waals surface area contributed by atoms with Crippen LogP contribution < -0.4 is 0 Å². The van der Waals surface area contributed by atoms with E-state index in [1.165, 1.54) is 69.8 Å². The zero-order valence-electron chi connectivity index (χ0n) is 21.5. The van der Waals surface area contributed by atoms with Crippen molar-refractivity contribution in [3.05, 3.63) is 84.0 Å². The molecular formula is C33H42F2. The maximum Gasteiger partial charge on any atom is 0.166 e. The van der Waals surface area contributed by atoms with Crippen LogP contribution in [0.15, 0.2) is 61.2 Å². The lowest BCUT2D eigenvalue weighted by atomic mass is 9.76. The summed E-state index contributed by atoms with van der Waals surface area (Å²) in [4.78, 5) is 0. The Labute approximate surface area is 211 Å². The van der Waals surface area contributed by atoms with E-state index in [4.69, 9.17) is 0 Å². The van der Waals surface area contributed by atoms with Gasteiger partial charge >= 0.3 is 0 Å². The Hall–Kier alpha value is -2.22. The fraction of sp³-hybridized carbons (Fsp3) is 0.515. The standard InChI is InChI=1S/C33H42F2/c1-3-5-7-24-8-10-25(11-9-24)12-13-26-14-16-27(17-15-26)28-18-20-29(21-19-28)31-23-22-30(6-4-2)32(34)33(31)35/h3,12-13,18-27H,1,4-11,14-17H2,2H3/b13-12+.